The summed E-state index contributed by atoms with van der Waals surface area (Å²) in [7, 11) is 0. The lowest BCUT2D eigenvalue weighted by Crippen LogP contribution is -2.28. The maximum absolute atomic E-state index is 13.5. The molecule has 2 N–H and O–H groups in total. The molecule has 0 heterocycles. The summed E-state index contributed by atoms with van der Waals surface area (Å²) in [5.74, 6) is -4.48. The van der Waals surface area contributed by atoms with E-state index < -0.39 is 35.0 Å². The first-order chi connectivity index (χ1) is 8.82. The fourth-order valence-corrected chi connectivity index (χ4v) is 1.78. The zero-order chi connectivity index (χ0) is 14.6. The summed E-state index contributed by atoms with van der Waals surface area (Å²) in [5, 5.41) is 10.9. The SMILES string of the molecule is CC(CCNC(=O)c1c(F)cc(Br)cc1F)C(=O)O. The predicted octanol–water partition coefficient (Wildman–Crippen LogP) is 2.57. The van der Waals surface area contributed by atoms with Crippen molar-refractivity contribution in [3.63, 3.8) is 0 Å². The molecule has 19 heavy (non-hydrogen) atoms. The predicted molar refractivity (Wildman–Crippen MR) is 67.8 cm³/mol. The Bertz CT molecular complexity index is 485. The molecule has 7 heteroatoms. The van der Waals surface area contributed by atoms with Crippen LogP contribution in [0.4, 0.5) is 8.78 Å². The summed E-state index contributed by atoms with van der Waals surface area (Å²) >= 11 is 2.91. The standard InChI is InChI=1S/C12H12BrF2NO3/c1-6(12(18)19)2-3-16-11(17)10-8(14)4-7(13)5-9(10)15/h4-6H,2-3H2,1H3,(H,16,17)(H,18,19). The van der Waals surface area contributed by atoms with Crippen molar-refractivity contribution in [3.05, 3.63) is 33.8 Å². The second kappa shape index (κ2) is 6.60. The Hall–Kier alpha value is -1.50. The number of hydrogen-bond acceptors (Lipinski definition) is 2. The molecule has 0 aliphatic heterocycles. The fourth-order valence-electron chi connectivity index (χ4n) is 1.37. The van der Waals surface area contributed by atoms with Gasteiger partial charge in [-0.2, -0.15) is 0 Å². The van der Waals surface area contributed by atoms with E-state index in [1.165, 1.54) is 6.92 Å². The van der Waals surface area contributed by atoms with Crippen LogP contribution in [0.15, 0.2) is 16.6 Å². The third kappa shape index (κ3) is 4.27. The highest BCUT2D eigenvalue weighted by molar-refractivity contribution is 9.10. The number of carboxylic acids is 1. The molecular formula is C12H12BrF2NO3. The van der Waals surface area contributed by atoms with Crippen molar-refractivity contribution in [3.8, 4) is 0 Å². The van der Waals surface area contributed by atoms with Crippen molar-refractivity contribution >= 4 is 27.8 Å². The Morgan fingerprint density at radius 3 is 2.37 bits per heavy atom. The molecule has 104 valence electrons. The van der Waals surface area contributed by atoms with E-state index in [1.807, 2.05) is 0 Å². The molecule has 1 unspecified atom stereocenters. The van der Waals surface area contributed by atoms with Crippen LogP contribution in [-0.4, -0.2) is 23.5 Å². The first kappa shape index (κ1) is 15.6. The molecule has 1 rings (SSSR count). The second-order valence-corrected chi connectivity index (χ2v) is 4.94. The van der Waals surface area contributed by atoms with Gasteiger partial charge < -0.3 is 10.4 Å². The Balaban J connectivity index is 2.67. The Kier molecular flexibility index (Phi) is 5.41. The average molecular weight is 336 g/mol. The van der Waals surface area contributed by atoms with E-state index in [0.29, 0.717) is 0 Å². The Morgan fingerprint density at radius 1 is 1.37 bits per heavy atom. The van der Waals surface area contributed by atoms with Gasteiger partial charge in [0, 0.05) is 11.0 Å². The van der Waals surface area contributed by atoms with E-state index in [2.05, 4.69) is 21.2 Å². The van der Waals surface area contributed by atoms with Crippen LogP contribution < -0.4 is 5.32 Å². The van der Waals surface area contributed by atoms with E-state index in [1.54, 1.807) is 0 Å². The highest BCUT2D eigenvalue weighted by Gasteiger charge is 2.18. The quantitative estimate of drug-likeness (QED) is 0.869. The van der Waals surface area contributed by atoms with Crippen molar-refractivity contribution < 1.29 is 23.5 Å². The fraction of sp³-hybridized carbons (Fsp3) is 0.333. The van der Waals surface area contributed by atoms with Gasteiger partial charge in [0.15, 0.2) is 0 Å². The Labute approximate surface area is 116 Å². The molecule has 1 aromatic rings. The first-order valence-corrected chi connectivity index (χ1v) is 6.27. The molecule has 0 fully saturated rings. The van der Waals surface area contributed by atoms with Crippen LogP contribution in [0.2, 0.25) is 0 Å². The molecule has 1 aromatic carbocycles. The molecule has 0 radical (unpaired) electrons. The Morgan fingerprint density at radius 2 is 1.89 bits per heavy atom. The average Bonchev–Trinajstić information content (AvgIpc) is 2.26. The summed E-state index contributed by atoms with van der Waals surface area (Å²) < 4.78 is 27.1. The minimum absolute atomic E-state index is 0.0290. The summed E-state index contributed by atoms with van der Waals surface area (Å²) in [5.41, 5.74) is -0.675. The number of nitrogens with one attached hydrogen (secondary N) is 1. The van der Waals surface area contributed by atoms with Crippen LogP contribution in [0.1, 0.15) is 23.7 Å². The summed E-state index contributed by atoms with van der Waals surface area (Å²) in [6.45, 7) is 1.51. The summed E-state index contributed by atoms with van der Waals surface area (Å²) in [6, 6.07) is 1.97. The van der Waals surface area contributed by atoms with Gasteiger partial charge in [-0.25, -0.2) is 8.78 Å². The van der Waals surface area contributed by atoms with Gasteiger partial charge >= 0.3 is 5.97 Å². The summed E-state index contributed by atoms with van der Waals surface area (Å²) in [6.07, 6.45) is 0.181. The zero-order valence-corrected chi connectivity index (χ0v) is 11.6. The zero-order valence-electron chi connectivity index (χ0n) is 10.0. The lowest BCUT2D eigenvalue weighted by molar-refractivity contribution is -0.141. The van der Waals surface area contributed by atoms with E-state index in [-0.39, 0.29) is 17.4 Å². The van der Waals surface area contributed by atoms with Crippen molar-refractivity contribution in [2.24, 2.45) is 5.92 Å². The monoisotopic (exact) mass is 335 g/mol. The van der Waals surface area contributed by atoms with E-state index in [9.17, 15) is 18.4 Å². The maximum atomic E-state index is 13.5. The number of amides is 1. The van der Waals surface area contributed by atoms with Gasteiger partial charge in [-0.3, -0.25) is 9.59 Å². The van der Waals surface area contributed by atoms with E-state index in [4.69, 9.17) is 5.11 Å². The minimum atomic E-state index is -0.991. The van der Waals surface area contributed by atoms with Gasteiger partial charge in [-0.05, 0) is 18.6 Å². The minimum Gasteiger partial charge on any atom is -0.481 e. The molecule has 0 spiro atoms. The van der Waals surface area contributed by atoms with Crippen molar-refractivity contribution in [2.75, 3.05) is 6.54 Å². The van der Waals surface area contributed by atoms with Crippen molar-refractivity contribution in [2.45, 2.75) is 13.3 Å². The topological polar surface area (TPSA) is 66.4 Å². The largest absolute Gasteiger partial charge is 0.481 e. The highest BCUT2D eigenvalue weighted by atomic mass is 79.9. The van der Waals surface area contributed by atoms with Gasteiger partial charge in [0.1, 0.15) is 17.2 Å². The number of rotatable bonds is 5. The smallest absolute Gasteiger partial charge is 0.306 e. The third-order valence-corrected chi connectivity index (χ3v) is 2.98. The van der Waals surface area contributed by atoms with Crippen LogP contribution in [0.25, 0.3) is 0 Å². The van der Waals surface area contributed by atoms with Crippen molar-refractivity contribution in [1.82, 2.24) is 5.32 Å². The summed E-state index contributed by atoms with van der Waals surface area (Å²) in [4.78, 5) is 22.1. The number of benzene rings is 1. The van der Waals surface area contributed by atoms with Gasteiger partial charge in [-0.15, -0.1) is 0 Å². The number of halogens is 3. The van der Waals surface area contributed by atoms with Crippen LogP contribution >= 0.6 is 15.9 Å². The van der Waals surface area contributed by atoms with Gasteiger partial charge in [-0.1, -0.05) is 22.9 Å². The van der Waals surface area contributed by atoms with Crippen LogP contribution in [0.5, 0.6) is 0 Å². The molecule has 1 amide bonds. The van der Waals surface area contributed by atoms with E-state index >= 15 is 0 Å². The number of carboxylic acid groups (broad SMARTS) is 1. The second-order valence-electron chi connectivity index (χ2n) is 4.03. The van der Waals surface area contributed by atoms with Gasteiger partial charge in [0.2, 0.25) is 0 Å². The number of carbonyl (C=O) groups excluding carboxylic acids is 1. The van der Waals surface area contributed by atoms with Crippen LogP contribution in [0, 0.1) is 17.6 Å². The lowest BCUT2D eigenvalue weighted by Gasteiger charge is -2.09. The van der Waals surface area contributed by atoms with Crippen molar-refractivity contribution in [1.29, 1.82) is 0 Å². The molecule has 1 atom stereocenters. The highest BCUT2D eigenvalue weighted by Crippen LogP contribution is 2.19. The first-order valence-electron chi connectivity index (χ1n) is 5.48. The molecule has 0 saturated heterocycles. The maximum Gasteiger partial charge on any atom is 0.306 e. The molecule has 4 nitrogen and oxygen atoms in total. The number of aliphatic carboxylic acids is 1. The molecule has 0 aliphatic rings. The molecular weight excluding hydrogens is 324 g/mol. The normalized spacial score (nSPS) is 12.0. The lowest BCUT2D eigenvalue weighted by atomic mass is 10.1. The molecule has 0 aliphatic carbocycles. The number of carbonyl (C=O) groups is 2. The van der Waals surface area contributed by atoms with Crippen LogP contribution in [-0.2, 0) is 4.79 Å². The third-order valence-electron chi connectivity index (χ3n) is 2.52. The molecule has 0 saturated carbocycles. The number of hydrogen-bond donors (Lipinski definition) is 2. The van der Waals surface area contributed by atoms with E-state index in [0.717, 1.165) is 12.1 Å². The molecule has 0 aromatic heterocycles. The van der Waals surface area contributed by atoms with Gasteiger partial charge in [0.05, 0.1) is 5.92 Å². The van der Waals surface area contributed by atoms with Crippen LogP contribution in [0.3, 0.4) is 0 Å². The molecule has 0 bridgehead atoms. The van der Waals surface area contributed by atoms with Gasteiger partial charge in [0.25, 0.3) is 5.91 Å².